The summed E-state index contributed by atoms with van der Waals surface area (Å²) in [6, 6.07) is 61.8. The smallest absolute Gasteiger partial charge is 0.422 e. The van der Waals surface area contributed by atoms with Gasteiger partial charge in [0.1, 0.15) is 28.7 Å². The minimum Gasteiger partial charge on any atom is -0.422 e. The van der Waals surface area contributed by atoms with Crippen LogP contribution in [0.25, 0.3) is 0 Å². The van der Waals surface area contributed by atoms with E-state index in [1.165, 1.54) is 0 Å². The van der Waals surface area contributed by atoms with Gasteiger partial charge in [0.15, 0.2) is 0 Å². The van der Waals surface area contributed by atoms with Crippen molar-refractivity contribution in [3.05, 3.63) is 240 Å². The lowest BCUT2D eigenvalue weighted by atomic mass is 9.78. The summed E-state index contributed by atoms with van der Waals surface area (Å²) >= 11 is 0. The van der Waals surface area contributed by atoms with Gasteiger partial charge in [-0.25, -0.2) is 14.4 Å². The lowest BCUT2D eigenvalue weighted by Gasteiger charge is -2.32. The van der Waals surface area contributed by atoms with E-state index in [0.717, 1.165) is 33.4 Å². The Morgan fingerprint density at radius 1 is 0.333 bits per heavy atom. The number of carbonyl (C=O) groups excluding carboxylic acids is 3. The fraction of sp³-hybridized carbons (Fsp3) is 0.150. The Hall–Kier alpha value is -8.45. The molecular weight excluding hydrogens is 1040 g/mol. The second-order valence-corrected chi connectivity index (χ2v) is 25.6. The van der Waals surface area contributed by atoms with Crippen LogP contribution in [0.3, 0.4) is 0 Å². The first kappa shape index (κ1) is 54.3. The van der Waals surface area contributed by atoms with Gasteiger partial charge in [-0.1, -0.05) is 155 Å². The molecule has 1 N–H and O–H groups in total. The quantitative estimate of drug-likeness (QED) is 0.0466. The van der Waals surface area contributed by atoms with E-state index in [1.54, 1.807) is 140 Å². The monoisotopic (exact) mass is 1090 g/mol. The van der Waals surface area contributed by atoms with Gasteiger partial charge in [0.25, 0.3) is 0 Å². The summed E-state index contributed by atoms with van der Waals surface area (Å²) in [4.78, 5) is 57.1. The van der Waals surface area contributed by atoms with Crippen molar-refractivity contribution in [3.8, 4) is 28.7 Å². The molecule has 78 heavy (non-hydrogen) atoms. The number of hydrogen-bond acceptors (Lipinski definition) is 14. The van der Waals surface area contributed by atoms with Gasteiger partial charge in [0.2, 0.25) is 18.2 Å². The third-order valence-electron chi connectivity index (χ3n) is 13.3. The SMILES string of the molecule is CC(C)(c1ccc(N=C=O)cc1)c1ccc(OP2(O)=NP(Oc3ccccc3)(Oc3ccc(C(C)(C)c4ccc(N=C=O)cc4)cc3)=NP(Oc3ccccc3)(Oc3ccc(C(C)(C)c4ccc(N=C=O)cc4)cc3)=N2)cc1. The molecule has 9 rings (SSSR count). The lowest BCUT2D eigenvalue weighted by Crippen LogP contribution is -2.18. The van der Waals surface area contributed by atoms with E-state index in [-0.39, 0.29) is 5.75 Å². The Morgan fingerprint density at radius 2 is 0.577 bits per heavy atom. The standard InChI is InChI=1S/C60H53N6O9P3/c1-58(2,44-17-29-50(30-18-44)61-41-67)47-23-35-55(36-24-47)71-76(70)64-77(72-53-13-9-7-10-14-53,74-56-37-25-48(26-38-56)59(3,4)45-19-31-51(32-20-45)62-42-68)66-78(65-76,73-54-15-11-8-12-16-54)75-57-39-27-49(28-40-57)60(5,6)46-21-33-52(34-22-46)63-43-69/h7-40,70H,1-6H3. The Kier molecular flexibility index (Phi) is 15.8. The number of rotatable bonds is 19. The maximum Gasteiger partial charge on any atom is 0.460 e. The van der Waals surface area contributed by atoms with Crippen LogP contribution in [0, 0.1) is 0 Å². The van der Waals surface area contributed by atoms with Gasteiger partial charge in [0, 0.05) is 16.2 Å². The van der Waals surface area contributed by atoms with E-state index in [4.69, 9.17) is 36.2 Å². The highest BCUT2D eigenvalue weighted by molar-refractivity contribution is 7.78. The third kappa shape index (κ3) is 12.4. The summed E-state index contributed by atoms with van der Waals surface area (Å²) in [7, 11) is -13.0. The zero-order valence-corrected chi connectivity index (χ0v) is 46.1. The number of isocyanates is 3. The number of para-hydroxylation sites is 2. The van der Waals surface area contributed by atoms with Crippen LogP contribution < -0.4 is 22.6 Å². The number of hydrogen-bond donors (Lipinski definition) is 1. The van der Waals surface area contributed by atoms with Crippen molar-refractivity contribution in [2.75, 3.05) is 0 Å². The molecule has 3 atom stereocenters. The molecule has 1 aliphatic rings. The summed E-state index contributed by atoms with van der Waals surface area (Å²) in [5.41, 5.74) is 5.67. The fourth-order valence-electron chi connectivity index (χ4n) is 8.68. The molecule has 0 fully saturated rings. The fourth-order valence-corrected chi connectivity index (χ4v) is 17.1. The number of nitrogens with zero attached hydrogens (tertiary/aromatic N) is 6. The molecule has 8 aromatic carbocycles. The molecule has 0 saturated carbocycles. The van der Waals surface area contributed by atoms with Gasteiger partial charge in [-0.3, -0.25) is 0 Å². The molecule has 0 radical (unpaired) electrons. The average Bonchev–Trinajstić information content (AvgIpc) is 3.52. The third-order valence-corrected chi connectivity index (χ3v) is 21.0. The predicted octanol–water partition coefficient (Wildman–Crippen LogP) is 17.1. The second-order valence-electron chi connectivity index (χ2n) is 19.5. The normalized spacial score (nSPS) is 17.9. The van der Waals surface area contributed by atoms with Crippen LogP contribution >= 0.6 is 23.0 Å². The summed E-state index contributed by atoms with van der Waals surface area (Å²) in [6.45, 7) is 12.4. The summed E-state index contributed by atoms with van der Waals surface area (Å²) < 4.78 is 49.3. The molecule has 0 bridgehead atoms. The minimum absolute atomic E-state index is 0.223. The maximum absolute atomic E-state index is 13.2. The van der Waals surface area contributed by atoms with Crippen molar-refractivity contribution in [1.82, 2.24) is 0 Å². The van der Waals surface area contributed by atoms with Crippen LogP contribution in [-0.2, 0) is 30.6 Å². The molecule has 392 valence electrons. The largest absolute Gasteiger partial charge is 0.460 e. The first-order valence-electron chi connectivity index (χ1n) is 24.5. The minimum atomic E-state index is -4.52. The highest BCUT2D eigenvalue weighted by Gasteiger charge is 2.47. The van der Waals surface area contributed by atoms with Gasteiger partial charge in [-0.15, -0.1) is 9.03 Å². The zero-order chi connectivity index (χ0) is 55.0. The molecule has 15 nitrogen and oxygen atoms in total. The van der Waals surface area contributed by atoms with Crippen LogP contribution in [0.4, 0.5) is 17.1 Å². The van der Waals surface area contributed by atoms with Crippen molar-refractivity contribution in [2.45, 2.75) is 57.8 Å². The van der Waals surface area contributed by atoms with Crippen molar-refractivity contribution in [2.24, 2.45) is 28.5 Å². The number of aliphatic imine (C=N–C) groups is 3. The number of benzene rings is 8. The molecule has 0 amide bonds. The van der Waals surface area contributed by atoms with Crippen LogP contribution in [0.2, 0.25) is 0 Å². The van der Waals surface area contributed by atoms with Gasteiger partial charge in [-0.05, 0) is 130 Å². The van der Waals surface area contributed by atoms with Crippen LogP contribution in [0.5, 0.6) is 28.7 Å². The molecule has 18 heteroatoms. The van der Waals surface area contributed by atoms with Crippen LogP contribution in [-0.4, -0.2) is 23.1 Å². The predicted molar refractivity (Wildman–Crippen MR) is 305 cm³/mol. The molecule has 1 heterocycles. The first-order valence-corrected chi connectivity index (χ1v) is 29.2. The van der Waals surface area contributed by atoms with Crippen molar-refractivity contribution in [1.29, 1.82) is 0 Å². The molecule has 0 spiro atoms. The topological polar surface area (TPSA) is 192 Å². The Labute approximate surface area is 452 Å². The van der Waals surface area contributed by atoms with E-state index < -0.39 is 39.2 Å². The van der Waals surface area contributed by atoms with E-state index in [9.17, 15) is 19.3 Å². The lowest BCUT2D eigenvalue weighted by molar-refractivity contribution is 0.441. The van der Waals surface area contributed by atoms with E-state index in [0.29, 0.717) is 40.1 Å². The molecule has 8 aromatic rings. The zero-order valence-electron chi connectivity index (χ0n) is 43.4. The molecule has 0 saturated heterocycles. The first-order chi connectivity index (χ1) is 37.4. The second kappa shape index (κ2) is 22.6. The van der Waals surface area contributed by atoms with E-state index >= 15 is 0 Å². The molecule has 0 aliphatic carbocycles. The van der Waals surface area contributed by atoms with Crippen LogP contribution in [0.15, 0.2) is 235 Å². The van der Waals surface area contributed by atoms with Crippen molar-refractivity contribution >= 4 is 58.3 Å². The molecule has 0 aromatic heterocycles. The summed E-state index contributed by atoms with van der Waals surface area (Å²) in [6.07, 6.45) is 4.75. The Morgan fingerprint density at radius 3 is 0.859 bits per heavy atom. The molecular formula is C60H53N6O9P3. The highest BCUT2D eigenvalue weighted by Crippen LogP contribution is 2.77. The van der Waals surface area contributed by atoms with Crippen molar-refractivity contribution < 1.29 is 41.9 Å². The van der Waals surface area contributed by atoms with Gasteiger partial charge in [-0.2, -0.15) is 15.0 Å². The Balaban J connectivity index is 1.18. The Bertz CT molecular complexity index is 3600. The maximum atomic E-state index is 13.2. The average molecular weight is 1100 g/mol. The molecule has 3 unspecified atom stereocenters. The molecule has 1 aliphatic heterocycles. The van der Waals surface area contributed by atoms with E-state index in [1.807, 2.05) is 84.9 Å². The van der Waals surface area contributed by atoms with E-state index in [2.05, 4.69) is 56.5 Å². The van der Waals surface area contributed by atoms with Gasteiger partial charge < -0.3 is 27.5 Å². The highest BCUT2D eigenvalue weighted by atomic mass is 31.3. The van der Waals surface area contributed by atoms with Crippen molar-refractivity contribution in [3.63, 3.8) is 0 Å². The summed E-state index contributed by atoms with van der Waals surface area (Å²) in [5.74, 6) is 1.45. The summed E-state index contributed by atoms with van der Waals surface area (Å²) in [5, 5.41) is 0. The van der Waals surface area contributed by atoms with Crippen LogP contribution in [0.1, 0.15) is 74.9 Å². The van der Waals surface area contributed by atoms with Gasteiger partial charge >= 0.3 is 23.0 Å². The van der Waals surface area contributed by atoms with Gasteiger partial charge in [0.05, 0.1) is 17.1 Å².